The number of rotatable bonds is 5. The van der Waals surface area contributed by atoms with Gasteiger partial charge in [0.1, 0.15) is 5.82 Å². The van der Waals surface area contributed by atoms with E-state index < -0.39 is 0 Å². The van der Waals surface area contributed by atoms with Gasteiger partial charge in [-0.05, 0) is 25.8 Å². The fourth-order valence-corrected chi connectivity index (χ4v) is 1.60. The first kappa shape index (κ1) is 10.4. The lowest BCUT2D eigenvalue weighted by Crippen LogP contribution is -2.15. The molecule has 0 fully saturated rings. The number of hydrogen-bond donors (Lipinski definition) is 2. The van der Waals surface area contributed by atoms with Crippen molar-refractivity contribution >= 4 is 16.7 Å². The molecule has 1 rings (SSSR count). The Bertz CT molecular complexity index is 248. The molecule has 0 bridgehead atoms. The fraction of sp³-hybridized carbons (Fsp3) is 0.750. The van der Waals surface area contributed by atoms with Crippen molar-refractivity contribution in [3.63, 3.8) is 0 Å². The van der Waals surface area contributed by atoms with Crippen LogP contribution in [0, 0.1) is 12.8 Å². The van der Waals surface area contributed by atoms with Crippen molar-refractivity contribution < 1.29 is 0 Å². The SMILES string of the molecule is Cc1nsc(NCC(C)CCN)n1. The van der Waals surface area contributed by atoms with Crippen LogP contribution in [0.5, 0.6) is 0 Å². The second-order valence-electron chi connectivity index (χ2n) is 3.21. The molecule has 4 nitrogen and oxygen atoms in total. The average Bonchev–Trinajstić information content (AvgIpc) is 2.49. The maximum atomic E-state index is 5.45. The Morgan fingerprint density at radius 3 is 2.92 bits per heavy atom. The normalized spacial score (nSPS) is 12.8. The minimum Gasteiger partial charge on any atom is -0.360 e. The minimum atomic E-state index is 0.592. The fourth-order valence-electron chi connectivity index (χ4n) is 1.02. The van der Waals surface area contributed by atoms with Crippen molar-refractivity contribution in [2.45, 2.75) is 20.3 Å². The van der Waals surface area contributed by atoms with E-state index in [-0.39, 0.29) is 0 Å². The molecule has 0 saturated heterocycles. The summed E-state index contributed by atoms with van der Waals surface area (Å²) >= 11 is 1.41. The van der Waals surface area contributed by atoms with Gasteiger partial charge in [-0.25, -0.2) is 4.98 Å². The van der Waals surface area contributed by atoms with Gasteiger partial charge >= 0.3 is 0 Å². The number of aryl methyl sites for hydroxylation is 1. The summed E-state index contributed by atoms with van der Waals surface area (Å²) in [7, 11) is 0. The van der Waals surface area contributed by atoms with Crippen LogP contribution in [0.2, 0.25) is 0 Å². The summed E-state index contributed by atoms with van der Waals surface area (Å²) in [4.78, 5) is 4.21. The van der Waals surface area contributed by atoms with E-state index >= 15 is 0 Å². The van der Waals surface area contributed by atoms with Crippen LogP contribution in [0.4, 0.5) is 5.13 Å². The quantitative estimate of drug-likeness (QED) is 0.750. The third kappa shape index (κ3) is 3.69. The first-order valence-corrected chi connectivity index (χ1v) is 5.24. The van der Waals surface area contributed by atoms with E-state index in [1.165, 1.54) is 11.5 Å². The number of hydrogen-bond acceptors (Lipinski definition) is 5. The molecule has 1 aromatic heterocycles. The van der Waals surface area contributed by atoms with Gasteiger partial charge in [0.2, 0.25) is 5.13 Å². The van der Waals surface area contributed by atoms with Crippen molar-refractivity contribution in [1.82, 2.24) is 9.36 Å². The average molecular weight is 200 g/mol. The Kier molecular flexibility index (Phi) is 4.11. The van der Waals surface area contributed by atoms with Crippen LogP contribution in [0.3, 0.4) is 0 Å². The Morgan fingerprint density at radius 2 is 2.38 bits per heavy atom. The van der Waals surface area contributed by atoms with Crippen LogP contribution in [0.15, 0.2) is 0 Å². The summed E-state index contributed by atoms with van der Waals surface area (Å²) < 4.78 is 4.08. The highest BCUT2D eigenvalue weighted by Gasteiger charge is 2.02. The van der Waals surface area contributed by atoms with Gasteiger partial charge in [-0.15, -0.1) is 0 Å². The van der Waals surface area contributed by atoms with Gasteiger partial charge in [0.15, 0.2) is 0 Å². The van der Waals surface area contributed by atoms with Crippen LogP contribution in [-0.2, 0) is 0 Å². The largest absolute Gasteiger partial charge is 0.360 e. The molecule has 5 heteroatoms. The lowest BCUT2D eigenvalue weighted by atomic mass is 10.1. The summed E-state index contributed by atoms with van der Waals surface area (Å²) in [5, 5.41) is 4.14. The van der Waals surface area contributed by atoms with E-state index in [2.05, 4.69) is 21.6 Å². The van der Waals surface area contributed by atoms with Crippen LogP contribution < -0.4 is 11.1 Å². The monoisotopic (exact) mass is 200 g/mol. The molecule has 0 spiro atoms. The van der Waals surface area contributed by atoms with E-state index in [4.69, 9.17) is 5.73 Å². The van der Waals surface area contributed by atoms with Crippen molar-refractivity contribution in [2.75, 3.05) is 18.4 Å². The third-order valence-electron chi connectivity index (χ3n) is 1.79. The first-order chi connectivity index (χ1) is 6.22. The molecule has 3 N–H and O–H groups in total. The van der Waals surface area contributed by atoms with E-state index in [0.29, 0.717) is 5.92 Å². The summed E-state index contributed by atoms with van der Waals surface area (Å²) in [5.41, 5.74) is 5.45. The molecule has 1 heterocycles. The lowest BCUT2D eigenvalue weighted by molar-refractivity contribution is 0.568. The zero-order chi connectivity index (χ0) is 9.68. The molecule has 0 radical (unpaired) electrons. The summed E-state index contributed by atoms with van der Waals surface area (Å²) in [6, 6.07) is 0. The second-order valence-corrected chi connectivity index (χ2v) is 3.96. The van der Waals surface area contributed by atoms with Gasteiger partial charge in [-0.3, -0.25) is 0 Å². The molecular weight excluding hydrogens is 184 g/mol. The highest BCUT2D eigenvalue weighted by atomic mass is 32.1. The van der Waals surface area contributed by atoms with Gasteiger partial charge in [0.25, 0.3) is 0 Å². The van der Waals surface area contributed by atoms with Crippen LogP contribution >= 0.6 is 11.5 Å². The van der Waals surface area contributed by atoms with Gasteiger partial charge < -0.3 is 11.1 Å². The predicted octanol–water partition coefficient (Wildman–Crippen LogP) is 1.24. The molecule has 0 aliphatic rings. The summed E-state index contributed by atoms with van der Waals surface area (Å²) in [6.45, 7) is 5.74. The van der Waals surface area contributed by atoms with Crippen LogP contribution in [-0.4, -0.2) is 22.4 Å². The van der Waals surface area contributed by atoms with E-state index in [1.807, 2.05) is 6.92 Å². The molecule has 1 atom stereocenters. The lowest BCUT2D eigenvalue weighted by Gasteiger charge is -2.09. The molecule has 0 saturated carbocycles. The van der Waals surface area contributed by atoms with Gasteiger partial charge in [-0.2, -0.15) is 4.37 Å². The second kappa shape index (κ2) is 5.14. The predicted molar refractivity (Wildman–Crippen MR) is 56.0 cm³/mol. The Hall–Kier alpha value is -0.680. The molecule has 0 amide bonds. The van der Waals surface area contributed by atoms with E-state index in [1.54, 1.807) is 0 Å². The topological polar surface area (TPSA) is 63.8 Å². The number of anilines is 1. The van der Waals surface area contributed by atoms with E-state index in [9.17, 15) is 0 Å². The smallest absolute Gasteiger partial charge is 0.202 e. The molecule has 0 aromatic carbocycles. The first-order valence-electron chi connectivity index (χ1n) is 4.46. The number of nitrogens with one attached hydrogen (secondary N) is 1. The molecule has 0 aliphatic carbocycles. The van der Waals surface area contributed by atoms with Crippen molar-refractivity contribution in [2.24, 2.45) is 11.7 Å². The Labute approximate surface area is 82.7 Å². The molecular formula is C8H16N4S. The number of nitrogens with zero attached hydrogens (tertiary/aromatic N) is 2. The maximum Gasteiger partial charge on any atom is 0.202 e. The molecule has 74 valence electrons. The van der Waals surface area contributed by atoms with Gasteiger partial charge in [0, 0.05) is 18.1 Å². The van der Waals surface area contributed by atoms with Crippen LogP contribution in [0.1, 0.15) is 19.2 Å². The maximum absolute atomic E-state index is 5.45. The van der Waals surface area contributed by atoms with Crippen molar-refractivity contribution in [3.8, 4) is 0 Å². The highest BCUT2D eigenvalue weighted by molar-refractivity contribution is 7.09. The minimum absolute atomic E-state index is 0.592. The number of nitrogens with two attached hydrogens (primary N) is 1. The molecule has 1 unspecified atom stereocenters. The molecule has 13 heavy (non-hydrogen) atoms. The van der Waals surface area contributed by atoms with E-state index in [0.717, 1.165) is 30.5 Å². The van der Waals surface area contributed by atoms with Crippen molar-refractivity contribution in [3.05, 3.63) is 5.82 Å². The molecule has 0 aliphatic heterocycles. The summed E-state index contributed by atoms with van der Waals surface area (Å²) in [5.74, 6) is 1.42. The van der Waals surface area contributed by atoms with Crippen molar-refractivity contribution in [1.29, 1.82) is 0 Å². The zero-order valence-corrected chi connectivity index (χ0v) is 8.90. The highest BCUT2D eigenvalue weighted by Crippen LogP contribution is 2.11. The van der Waals surface area contributed by atoms with Gasteiger partial charge in [-0.1, -0.05) is 6.92 Å². The Morgan fingerprint density at radius 1 is 1.62 bits per heavy atom. The standard InChI is InChI=1S/C8H16N4S/c1-6(3-4-9)5-10-8-11-7(2)12-13-8/h6H,3-5,9H2,1-2H3,(H,10,11,12). The van der Waals surface area contributed by atoms with Crippen LogP contribution in [0.25, 0.3) is 0 Å². The number of aromatic nitrogens is 2. The van der Waals surface area contributed by atoms with Gasteiger partial charge in [0.05, 0.1) is 0 Å². The molecule has 1 aromatic rings. The third-order valence-corrected chi connectivity index (χ3v) is 2.55. The zero-order valence-electron chi connectivity index (χ0n) is 8.08. The Balaban J connectivity index is 2.26. The summed E-state index contributed by atoms with van der Waals surface area (Å²) in [6.07, 6.45) is 1.05.